The fraction of sp³-hybridized carbons (Fsp3) is 1.00. The fourth-order valence-electron chi connectivity index (χ4n) is 4.51. The average molecular weight is 293 g/mol. The second-order valence-corrected chi connectivity index (χ2v) is 7.99. The first kappa shape index (κ1) is 14.5. The summed E-state index contributed by atoms with van der Waals surface area (Å²) >= 11 is 0. The van der Waals surface area contributed by atoms with E-state index < -0.39 is 0 Å². The third kappa shape index (κ3) is 3.16. The molecule has 4 aliphatic rings. The van der Waals surface area contributed by atoms with Gasteiger partial charge >= 0.3 is 0 Å². The number of ether oxygens (including phenoxy) is 2. The van der Waals surface area contributed by atoms with Crippen LogP contribution in [0.1, 0.15) is 51.4 Å². The molecule has 0 aromatic heterocycles. The zero-order chi connectivity index (χ0) is 14.1. The van der Waals surface area contributed by atoms with E-state index in [1.165, 1.54) is 64.5 Å². The Balaban J connectivity index is 1.31. The van der Waals surface area contributed by atoms with Crippen LogP contribution in [0.2, 0.25) is 0 Å². The summed E-state index contributed by atoms with van der Waals surface area (Å²) < 4.78 is 11.8. The Bertz CT molecular complexity index is 343. The minimum absolute atomic E-state index is 0.530. The third-order valence-electron chi connectivity index (χ3n) is 6.68. The Morgan fingerprint density at radius 3 is 2.48 bits per heavy atom. The fourth-order valence-corrected chi connectivity index (χ4v) is 4.51. The van der Waals surface area contributed by atoms with E-state index in [0.717, 1.165) is 38.4 Å². The zero-order valence-electron chi connectivity index (χ0n) is 13.4. The van der Waals surface area contributed by atoms with Gasteiger partial charge in [-0.1, -0.05) is 6.42 Å². The highest BCUT2D eigenvalue weighted by Crippen LogP contribution is 2.46. The number of likely N-dealkylation sites (tertiary alicyclic amines) is 1. The molecule has 0 bridgehead atoms. The molecule has 0 aromatic rings. The van der Waals surface area contributed by atoms with Gasteiger partial charge in [-0.3, -0.25) is 0 Å². The van der Waals surface area contributed by atoms with Crippen molar-refractivity contribution in [2.24, 2.45) is 17.3 Å². The molecule has 3 heteroatoms. The van der Waals surface area contributed by atoms with E-state index in [4.69, 9.17) is 9.47 Å². The van der Waals surface area contributed by atoms with Crippen molar-refractivity contribution in [1.29, 1.82) is 0 Å². The molecule has 1 atom stereocenters. The third-order valence-corrected chi connectivity index (χ3v) is 6.68. The summed E-state index contributed by atoms with van der Waals surface area (Å²) in [7, 11) is 0. The molecule has 2 saturated carbocycles. The van der Waals surface area contributed by atoms with Crippen LogP contribution in [0.25, 0.3) is 0 Å². The summed E-state index contributed by atoms with van der Waals surface area (Å²) in [5, 5.41) is 0. The van der Waals surface area contributed by atoms with Gasteiger partial charge in [0.1, 0.15) is 0 Å². The Hall–Kier alpha value is -0.120. The highest BCUT2D eigenvalue weighted by molar-refractivity contribution is 4.95. The highest BCUT2D eigenvalue weighted by atomic mass is 16.5. The predicted molar refractivity (Wildman–Crippen MR) is 83.3 cm³/mol. The van der Waals surface area contributed by atoms with Crippen molar-refractivity contribution < 1.29 is 9.47 Å². The van der Waals surface area contributed by atoms with E-state index >= 15 is 0 Å². The zero-order valence-corrected chi connectivity index (χ0v) is 13.4. The smallest absolute Gasteiger partial charge is 0.0521 e. The average Bonchev–Trinajstić information content (AvgIpc) is 3.26. The van der Waals surface area contributed by atoms with Gasteiger partial charge in [0, 0.05) is 25.2 Å². The SMILES string of the molecule is C1CC(N2CCC3(CCOC[C@@H]3COCC3CC3)CC2)C1. The molecule has 2 saturated heterocycles. The summed E-state index contributed by atoms with van der Waals surface area (Å²) in [6.45, 7) is 6.50. The van der Waals surface area contributed by atoms with Gasteiger partial charge in [-0.15, -0.1) is 0 Å². The van der Waals surface area contributed by atoms with Gasteiger partial charge in [-0.2, -0.15) is 0 Å². The molecule has 0 amide bonds. The Labute approximate surface area is 129 Å². The second kappa shape index (κ2) is 6.17. The standard InChI is InChI=1S/C18H31NO2/c1-2-17(3-1)19-9-6-18(7-10-19)8-11-20-13-16(18)14-21-12-15-4-5-15/h15-17H,1-14H2/t16-/m1/s1. The van der Waals surface area contributed by atoms with Crippen LogP contribution < -0.4 is 0 Å². The molecule has 2 aliphatic carbocycles. The number of hydrogen-bond donors (Lipinski definition) is 0. The van der Waals surface area contributed by atoms with Crippen LogP contribution in [-0.4, -0.2) is 50.5 Å². The molecule has 0 radical (unpaired) electrons. The van der Waals surface area contributed by atoms with Crippen molar-refractivity contribution in [3.8, 4) is 0 Å². The van der Waals surface area contributed by atoms with Crippen molar-refractivity contribution in [3.05, 3.63) is 0 Å². The molecule has 2 heterocycles. The Morgan fingerprint density at radius 2 is 1.81 bits per heavy atom. The van der Waals surface area contributed by atoms with Crippen molar-refractivity contribution in [2.45, 2.75) is 57.4 Å². The molecular formula is C18H31NO2. The monoisotopic (exact) mass is 293 g/mol. The predicted octanol–water partition coefficient (Wildman–Crippen LogP) is 3.08. The first-order valence-corrected chi connectivity index (χ1v) is 9.25. The maximum atomic E-state index is 6.04. The molecule has 0 aromatic carbocycles. The van der Waals surface area contributed by atoms with Gasteiger partial charge in [0.2, 0.25) is 0 Å². The number of hydrogen-bond acceptors (Lipinski definition) is 3. The van der Waals surface area contributed by atoms with E-state index in [0.29, 0.717) is 11.3 Å². The first-order chi connectivity index (χ1) is 10.4. The molecule has 4 fully saturated rings. The van der Waals surface area contributed by atoms with Crippen LogP contribution in [0.5, 0.6) is 0 Å². The molecule has 4 rings (SSSR count). The van der Waals surface area contributed by atoms with Crippen LogP contribution in [0.15, 0.2) is 0 Å². The summed E-state index contributed by atoms with van der Waals surface area (Å²) in [4.78, 5) is 2.77. The molecule has 2 aliphatic heterocycles. The van der Waals surface area contributed by atoms with E-state index in [1.54, 1.807) is 0 Å². The van der Waals surface area contributed by atoms with Crippen molar-refractivity contribution in [2.75, 3.05) is 39.5 Å². The Kier molecular flexibility index (Phi) is 4.25. The normalized spacial score (nSPS) is 34.0. The topological polar surface area (TPSA) is 21.7 Å². The van der Waals surface area contributed by atoms with Crippen molar-refractivity contribution >= 4 is 0 Å². The molecule has 1 spiro atoms. The van der Waals surface area contributed by atoms with Crippen LogP contribution in [-0.2, 0) is 9.47 Å². The molecule has 3 nitrogen and oxygen atoms in total. The van der Waals surface area contributed by atoms with E-state index in [2.05, 4.69) is 4.90 Å². The highest BCUT2D eigenvalue weighted by Gasteiger charge is 2.44. The van der Waals surface area contributed by atoms with E-state index in [9.17, 15) is 0 Å². The summed E-state index contributed by atoms with van der Waals surface area (Å²) in [5.74, 6) is 1.53. The Morgan fingerprint density at radius 1 is 1.00 bits per heavy atom. The second-order valence-electron chi connectivity index (χ2n) is 7.99. The van der Waals surface area contributed by atoms with Gasteiger partial charge in [-0.05, 0) is 69.4 Å². The quantitative estimate of drug-likeness (QED) is 0.777. The van der Waals surface area contributed by atoms with Gasteiger partial charge in [-0.25, -0.2) is 0 Å². The minimum Gasteiger partial charge on any atom is -0.381 e. The minimum atomic E-state index is 0.530. The molecule has 21 heavy (non-hydrogen) atoms. The molecular weight excluding hydrogens is 262 g/mol. The maximum absolute atomic E-state index is 6.04. The number of rotatable bonds is 5. The molecule has 120 valence electrons. The van der Waals surface area contributed by atoms with E-state index in [-0.39, 0.29) is 0 Å². The van der Waals surface area contributed by atoms with E-state index in [1.807, 2.05) is 0 Å². The summed E-state index contributed by atoms with van der Waals surface area (Å²) in [6.07, 6.45) is 11.2. The lowest BCUT2D eigenvalue weighted by atomic mass is 9.65. The van der Waals surface area contributed by atoms with Crippen molar-refractivity contribution in [1.82, 2.24) is 4.90 Å². The first-order valence-electron chi connectivity index (χ1n) is 9.25. The van der Waals surface area contributed by atoms with Crippen LogP contribution >= 0.6 is 0 Å². The van der Waals surface area contributed by atoms with Gasteiger partial charge < -0.3 is 14.4 Å². The lowest BCUT2D eigenvalue weighted by molar-refractivity contribution is -0.106. The van der Waals surface area contributed by atoms with Gasteiger partial charge in [0.05, 0.1) is 13.2 Å². The largest absolute Gasteiger partial charge is 0.381 e. The van der Waals surface area contributed by atoms with Gasteiger partial charge in [0.15, 0.2) is 0 Å². The lowest BCUT2D eigenvalue weighted by Crippen LogP contribution is -2.52. The lowest BCUT2D eigenvalue weighted by Gasteiger charge is -2.51. The van der Waals surface area contributed by atoms with Crippen LogP contribution in [0.4, 0.5) is 0 Å². The van der Waals surface area contributed by atoms with Crippen molar-refractivity contribution in [3.63, 3.8) is 0 Å². The van der Waals surface area contributed by atoms with Crippen LogP contribution in [0.3, 0.4) is 0 Å². The number of nitrogens with zero attached hydrogens (tertiary/aromatic N) is 1. The summed E-state index contributed by atoms with van der Waals surface area (Å²) in [6, 6.07) is 0.923. The summed E-state index contributed by atoms with van der Waals surface area (Å²) in [5.41, 5.74) is 0.530. The number of piperidine rings is 1. The van der Waals surface area contributed by atoms with Crippen LogP contribution in [0, 0.1) is 17.3 Å². The van der Waals surface area contributed by atoms with Gasteiger partial charge in [0.25, 0.3) is 0 Å². The maximum Gasteiger partial charge on any atom is 0.0521 e. The molecule has 0 unspecified atom stereocenters. The molecule has 0 N–H and O–H groups in total.